The molecule has 0 saturated heterocycles. The van der Waals surface area contributed by atoms with Gasteiger partial charge < -0.3 is 10.2 Å². The molecule has 0 aromatic rings. The third kappa shape index (κ3) is 10.7. The minimum absolute atomic E-state index is 0. The second kappa shape index (κ2) is 6.31. The summed E-state index contributed by atoms with van der Waals surface area (Å²) in [7, 11) is 0. The van der Waals surface area contributed by atoms with Crippen molar-refractivity contribution in [2.45, 2.75) is 6.42 Å². The van der Waals surface area contributed by atoms with Gasteiger partial charge in [0.25, 0.3) is 0 Å². The Morgan fingerprint density at radius 1 is 1.57 bits per heavy atom. The first-order valence-corrected chi connectivity index (χ1v) is 1.60. The van der Waals surface area contributed by atoms with Crippen LogP contribution in [0.15, 0.2) is 0 Å². The number of aliphatic hydroxyl groups is 1. The Kier molecular flexibility index (Phi) is 9.31. The third-order valence-electron chi connectivity index (χ3n) is 0.326. The van der Waals surface area contributed by atoms with E-state index < -0.39 is 5.97 Å². The topological polar surface area (TPSA) is 57.5 Å². The van der Waals surface area contributed by atoms with E-state index in [4.69, 9.17) is 10.2 Å². The van der Waals surface area contributed by atoms with E-state index in [1.807, 2.05) is 0 Å². The fourth-order valence-electron chi connectivity index (χ4n) is 0.0956. The fourth-order valence-corrected chi connectivity index (χ4v) is 0.0956. The van der Waals surface area contributed by atoms with Gasteiger partial charge in [-0.05, 0) is 0 Å². The standard InChI is InChI=1S/C3H6O3.Bi.3H/c4-2-1-3(5)6;;;;/h4H,1-2H2,(H,5,6);;;;. The molecule has 0 heterocycles. The number of carboxylic acids is 1. The third-order valence-corrected chi connectivity index (χ3v) is 0.326. The van der Waals surface area contributed by atoms with Crippen molar-refractivity contribution < 1.29 is 15.0 Å². The average molecular weight is 302 g/mol. The van der Waals surface area contributed by atoms with Gasteiger partial charge in [0.1, 0.15) is 0 Å². The van der Waals surface area contributed by atoms with Crippen LogP contribution in [0.1, 0.15) is 6.42 Å². The second-order valence-electron chi connectivity index (χ2n) is 0.867. The van der Waals surface area contributed by atoms with Crippen LogP contribution in [0.25, 0.3) is 0 Å². The molecule has 0 aliphatic carbocycles. The predicted molar refractivity (Wildman–Crippen MR) is 29.3 cm³/mol. The van der Waals surface area contributed by atoms with Crippen molar-refractivity contribution in [2.75, 3.05) is 6.61 Å². The summed E-state index contributed by atoms with van der Waals surface area (Å²) in [5.41, 5.74) is 0. The summed E-state index contributed by atoms with van der Waals surface area (Å²) in [6.45, 7) is -0.269. The molecule has 0 bridgehead atoms. The Bertz CT molecular complexity index is 54.1. The van der Waals surface area contributed by atoms with Gasteiger partial charge in [0.15, 0.2) is 0 Å². The van der Waals surface area contributed by atoms with Crippen LogP contribution in [0.5, 0.6) is 0 Å². The Balaban J connectivity index is 0. The Morgan fingerprint density at radius 2 is 2.00 bits per heavy atom. The molecule has 0 spiro atoms. The molecule has 2 N–H and O–H groups in total. The summed E-state index contributed by atoms with van der Waals surface area (Å²) < 4.78 is 0. The summed E-state index contributed by atoms with van der Waals surface area (Å²) in [5.74, 6) is -0.961. The molecule has 0 aromatic carbocycles. The van der Waals surface area contributed by atoms with Crippen LogP contribution >= 0.6 is 0 Å². The molecule has 0 saturated carbocycles. The molecular formula is C3H9BiO3. The van der Waals surface area contributed by atoms with Gasteiger partial charge in [-0.15, -0.1) is 0 Å². The molecular weight excluding hydrogens is 293 g/mol. The van der Waals surface area contributed by atoms with Crippen molar-refractivity contribution in [3.63, 3.8) is 0 Å². The number of hydrogen-bond acceptors (Lipinski definition) is 2. The predicted octanol–water partition coefficient (Wildman–Crippen LogP) is -1.73. The Morgan fingerprint density at radius 3 is 2.00 bits per heavy atom. The molecule has 44 valence electrons. The SMILES string of the molecule is O=C(O)CCO.[BiH3]. The number of aliphatic hydroxyl groups excluding tert-OH is 1. The summed E-state index contributed by atoms with van der Waals surface area (Å²) in [4.78, 5) is 9.44. The second-order valence-corrected chi connectivity index (χ2v) is 0.867. The number of rotatable bonds is 2. The van der Waals surface area contributed by atoms with Crippen LogP contribution in [0.3, 0.4) is 0 Å². The zero-order valence-corrected chi connectivity index (χ0v) is 9.42. The molecule has 3 nitrogen and oxygen atoms in total. The molecule has 0 amide bonds. The van der Waals surface area contributed by atoms with Crippen LogP contribution in [0.2, 0.25) is 0 Å². The van der Waals surface area contributed by atoms with Gasteiger partial charge in [0.2, 0.25) is 0 Å². The van der Waals surface area contributed by atoms with Crippen LogP contribution in [0.4, 0.5) is 0 Å². The van der Waals surface area contributed by atoms with E-state index >= 15 is 0 Å². The van der Waals surface area contributed by atoms with Gasteiger partial charge >= 0.3 is 32.2 Å². The van der Waals surface area contributed by atoms with Crippen molar-refractivity contribution in [1.29, 1.82) is 0 Å². The molecule has 0 unspecified atom stereocenters. The van der Waals surface area contributed by atoms with Crippen molar-refractivity contribution in [3.05, 3.63) is 0 Å². The van der Waals surface area contributed by atoms with E-state index in [1.54, 1.807) is 0 Å². The van der Waals surface area contributed by atoms with Crippen LogP contribution in [-0.2, 0) is 4.79 Å². The maximum atomic E-state index is 9.44. The van der Waals surface area contributed by atoms with Gasteiger partial charge in [0.05, 0.1) is 13.0 Å². The normalized spacial score (nSPS) is 7.00. The quantitative estimate of drug-likeness (QED) is 0.596. The maximum absolute atomic E-state index is 9.44. The van der Waals surface area contributed by atoms with Gasteiger partial charge in [-0.2, -0.15) is 0 Å². The molecule has 7 heavy (non-hydrogen) atoms. The average Bonchev–Trinajstić information content (AvgIpc) is 1.35. The van der Waals surface area contributed by atoms with Crippen molar-refractivity contribution in [1.82, 2.24) is 0 Å². The molecule has 0 aliphatic rings. The first-order valence-electron chi connectivity index (χ1n) is 1.60. The summed E-state index contributed by atoms with van der Waals surface area (Å²) in [6, 6.07) is 0. The number of carbonyl (C=O) groups is 1. The van der Waals surface area contributed by atoms with Gasteiger partial charge in [-0.25, -0.2) is 0 Å². The zero-order chi connectivity index (χ0) is 4.99. The molecule has 0 rings (SSSR count). The summed E-state index contributed by atoms with van der Waals surface area (Å²) >= 11 is 0. The summed E-state index contributed by atoms with van der Waals surface area (Å²) in [6.07, 6.45) is -0.153. The van der Waals surface area contributed by atoms with E-state index in [-0.39, 0.29) is 39.2 Å². The zero-order valence-electron chi connectivity index (χ0n) is 3.92. The molecule has 0 atom stereocenters. The van der Waals surface area contributed by atoms with Crippen molar-refractivity contribution >= 4 is 32.2 Å². The first-order chi connectivity index (χ1) is 2.77. The number of hydrogen-bond donors (Lipinski definition) is 2. The molecule has 0 fully saturated rings. The molecule has 4 heteroatoms. The van der Waals surface area contributed by atoms with E-state index in [2.05, 4.69) is 0 Å². The van der Waals surface area contributed by atoms with Gasteiger partial charge in [0, 0.05) is 0 Å². The monoisotopic (exact) mass is 302 g/mol. The Hall–Kier alpha value is 0.313. The van der Waals surface area contributed by atoms with Gasteiger partial charge in [-0.3, -0.25) is 4.79 Å². The molecule has 0 aromatic heterocycles. The molecule has 0 aliphatic heterocycles. The van der Waals surface area contributed by atoms with Crippen LogP contribution in [-0.4, -0.2) is 49.0 Å². The van der Waals surface area contributed by atoms with Crippen LogP contribution in [0, 0.1) is 0 Å². The molecule has 0 radical (unpaired) electrons. The van der Waals surface area contributed by atoms with E-state index in [1.165, 1.54) is 0 Å². The van der Waals surface area contributed by atoms with E-state index in [9.17, 15) is 4.79 Å². The summed E-state index contributed by atoms with van der Waals surface area (Å²) in [5, 5.41) is 15.6. The number of carboxylic acid groups (broad SMARTS) is 1. The van der Waals surface area contributed by atoms with Crippen molar-refractivity contribution in [3.8, 4) is 0 Å². The van der Waals surface area contributed by atoms with Crippen molar-refractivity contribution in [2.24, 2.45) is 0 Å². The fraction of sp³-hybridized carbons (Fsp3) is 0.667. The van der Waals surface area contributed by atoms with E-state index in [0.717, 1.165) is 0 Å². The first kappa shape index (κ1) is 10.3. The number of aliphatic carboxylic acids is 1. The van der Waals surface area contributed by atoms with Gasteiger partial charge in [-0.1, -0.05) is 0 Å². The van der Waals surface area contributed by atoms with Crippen LogP contribution < -0.4 is 0 Å². The Labute approximate surface area is 60.5 Å². The van der Waals surface area contributed by atoms with E-state index in [0.29, 0.717) is 0 Å². The minimum atomic E-state index is -0.961.